The molecule has 1 saturated carbocycles. The maximum absolute atomic E-state index is 13.3. The highest BCUT2D eigenvalue weighted by molar-refractivity contribution is 7.85. The van der Waals surface area contributed by atoms with Crippen molar-refractivity contribution in [1.82, 2.24) is 0 Å². The Bertz CT molecular complexity index is 738. The zero-order valence-electron chi connectivity index (χ0n) is 16.3. The minimum Gasteiger partial charge on any atom is -0.460 e. The Morgan fingerprint density at radius 1 is 0.867 bits per heavy atom. The lowest BCUT2D eigenvalue weighted by molar-refractivity contribution is -0.362. The summed E-state index contributed by atoms with van der Waals surface area (Å²) in [4.78, 5) is 24.7. The number of esters is 2. The highest BCUT2D eigenvalue weighted by Gasteiger charge is 2.76. The van der Waals surface area contributed by atoms with Gasteiger partial charge in [0.1, 0.15) is 11.4 Å². The Balaban J connectivity index is 3.34. The molecule has 0 saturated heterocycles. The van der Waals surface area contributed by atoms with E-state index in [1.807, 2.05) is 0 Å². The molecule has 0 aromatic rings. The van der Waals surface area contributed by atoms with Crippen molar-refractivity contribution in [3.05, 3.63) is 0 Å². The van der Waals surface area contributed by atoms with Crippen LogP contribution in [0.15, 0.2) is 0 Å². The van der Waals surface area contributed by atoms with E-state index in [0.29, 0.717) is 6.42 Å². The van der Waals surface area contributed by atoms with Gasteiger partial charge in [-0.05, 0) is 33.6 Å². The summed E-state index contributed by atoms with van der Waals surface area (Å²) in [5.74, 6) is -9.09. The highest BCUT2D eigenvalue weighted by atomic mass is 32.2. The van der Waals surface area contributed by atoms with Crippen LogP contribution in [0.5, 0.6) is 0 Å². The topological polar surface area (TPSA) is 107 Å². The molecule has 7 nitrogen and oxygen atoms in total. The van der Waals surface area contributed by atoms with Crippen LogP contribution in [0.1, 0.15) is 46.5 Å². The van der Waals surface area contributed by atoms with Crippen LogP contribution in [-0.4, -0.2) is 54.2 Å². The van der Waals surface area contributed by atoms with Gasteiger partial charge in [0, 0.05) is 0 Å². The van der Waals surface area contributed by atoms with Crippen molar-refractivity contribution in [3.63, 3.8) is 0 Å². The second kappa shape index (κ2) is 8.52. The number of rotatable bonds is 5. The average molecular weight is 472 g/mol. The van der Waals surface area contributed by atoms with Gasteiger partial charge in [-0.25, -0.2) is 0 Å². The Morgan fingerprint density at radius 2 is 1.23 bits per heavy atom. The average Bonchev–Trinajstić information content (AvgIpc) is 2.49. The molecular weight excluding hydrogens is 450 g/mol. The van der Waals surface area contributed by atoms with Crippen LogP contribution in [0.25, 0.3) is 0 Å². The molecule has 0 radical (unpaired) electrons. The van der Waals surface area contributed by atoms with Gasteiger partial charge in [0.25, 0.3) is 10.1 Å². The first-order chi connectivity index (χ1) is 13.2. The van der Waals surface area contributed by atoms with E-state index in [1.165, 1.54) is 20.8 Å². The van der Waals surface area contributed by atoms with Gasteiger partial charge in [0.15, 0.2) is 0 Å². The van der Waals surface area contributed by atoms with E-state index in [1.54, 1.807) is 0 Å². The summed E-state index contributed by atoms with van der Waals surface area (Å²) in [6.07, 6.45) is -12.6. The monoisotopic (exact) mass is 472 g/mol. The maximum Gasteiger partial charge on any atom is 0.438 e. The minimum atomic E-state index is -6.42. The molecule has 1 rings (SSSR count). The number of carbonyl (C=O) groups excluding carboxylic acids is 2. The minimum absolute atomic E-state index is 0.0436. The fourth-order valence-electron chi connectivity index (χ4n) is 3.05. The molecule has 14 heteroatoms. The summed E-state index contributed by atoms with van der Waals surface area (Å²) < 4.78 is 119. The highest BCUT2D eigenvalue weighted by Crippen LogP contribution is 2.48. The van der Waals surface area contributed by atoms with E-state index >= 15 is 0 Å². The van der Waals surface area contributed by atoms with Gasteiger partial charge in [0.05, 0.1) is 11.8 Å². The number of carbonyl (C=O) groups is 2. The smallest absolute Gasteiger partial charge is 0.438 e. The van der Waals surface area contributed by atoms with Crippen molar-refractivity contribution in [2.24, 2.45) is 11.8 Å². The van der Waals surface area contributed by atoms with Crippen molar-refractivity contribution in [1.29, 1.82) is 0 Å². The van der Waals surface area contributed by atoms with E-state index < -0.39 is 63.2 Å². The molecule has 1 aliphatic carbocycles. The molecule has 0 aliphatic heterocycles. The molecule has 1 fully saturated rings. The molecule has 176 valence electrons. The molecule has 1 N–H and O–H groups in total. The van der Waals surface area contributed by atoms with Crippen LogP contribution in [0, 0.1) is 11.8 Å². The van der Waals surface area contributed by atoms with Gasteiger partial charge >= 0.3 is 29.9 Å². The van der Waals surface area contributed by atoms with Crippen molar-refractivity contribution < 1.29 is 58.4 Å². The Labute approximate surface area is 168 Å². The lowest BCUT2D eigenvalue weighted by Crippen LogP contribution is -2.64. The molecule has 30 heavy (non-hydrogen) atoms. The zero-order chi connectivity index (χ0) is 23.8. The lowest BCUT2D eigenvalue weighted by atomic mass is 9.79. The molecule has 0 amide bonds. The van der Waals surface area contributed by atoms with Gasteiger partial charge in [-0.1, -0.05) is 12.8 Å². The summed E-state index contributed by atoms with van der Waals surface area (Å²) in [5, 5.41) is 0. The molecule has 1 aliphatic rings. The number of halogens is 6. The van der Waals surface area contributed by atoms with Gasteiger partial charge < -0.3 is 9.47 Å². The van der Waals surface area contributed by atoms with E-state index in [4.69, 9.17) is 9.29 Å². The van der Waals surface area contributed by atoms with Gasteiger partial charge in [-0.15, -0.1) is 0 Å². The largest absolute Gasteiger partial charge is 0.460 e. The first-order valence-electron chi connectivity index (χ1n) is 8.74. The van der Waals surface area contributed by atoms with Crippen molar-refractivity contribution in [2.45, 2.75) is 70.0 Å². The van der Waals surface area contributed by atoms with Crippen molar-refractivity contribution in [2.75, 3.05) is 5.75 Å². The Hall–Kier alpha value is -1.57. The second-order valence-electron chi connectivity index (χ2n) is 8.00. The summed E-state index contributed by atoms with van der Waals surface area (Å²) in [5.41, 5.74) is -6.53. The zero-order valence-corrected chi connectivity index (χ0v) is 17.1. The second-order valence-corrected chi connectivity index (χ2v) is 9.45. The third kappa shape index (κ3) is 6.46. The molecule has 0 aromatic carbocycles. The summed E-state index contributed by atoms with van der Waals surface area (Å²) >= 11 is 0. The van der Waals surface area contributed by atoms with Crippen LogP contribution in [-0.2, 0) is 29.2 Å². The number of hydrogen-bond acceptors (Lipinski definition) is 6. The fourth-order valence-corrected chi connectivity index (χ4v) is 3.95. The van der Waals surface area contributed by atoms with Gasteiger partial charge in [-0.2, -0.15) is 34.8 Å². The van der Waals surface area contributed by atoms with Crippen LogP contribution in [0.4, 0.5) is 26.3 Å². The quantitative estimate of drug-likeness (QED) is 0.371. The molecule has 0 bridgehead atoms. The van der Waals surface area contributed by atoms with Crippen molar-refractivity contribution in [3.8, 4) is 0 Å². The standard InChI is InChI=1S/C16H22F6O7S/c1-13(2,3)28-11(23)9-6-4-5-7-10(9)12(24)29-14(15(17,18)19,16(20,21)22)8-30(25,26)27/h9-10H,4-8H2,1-3H3,(H,25,26,27). The predicted octanol–water partition coefficient (Wildman–Crippen LogP) is 3.43. The molecule has 0 heterocycles. The summed E-state index contributed by atoms with van der Waals surface area (Å²) in [6.45, 7) is 4.43. The fraction of sp³-hybridized carbons (Fsp3) is 0.875. The molecular formula is C16H22F6O7S. The van der Waals surface area contributed by atoms with Crippen LogP contribution < -0.4 is 0 Å². The van der Waals surface area contributed by atoms with E-state index in [0.717, 1.165) is 0 Å². The number of alkyl halides is 6. The maximum atomic E-state index is 13.3. The Kier molecular flexibility index (Phi) is 7.51. The van der Waals surface area contributed by atoms with E-state index in [9.17, 15) is 44.3 Å². The summed E-state index contributed by atoms with van der Waals surface area (Å²) in [7, 11) is -5.89. The molecule has 0 spiro atoms. The van der Waals surface area contributed by atoms with Crippen LogP contribution >= 0.6 is 0 Å². The molecule has 0 aromatic heterocycles. The summed E-state index contributed by atoms with van der Waals surface area (Å²) in [6, 6.07) is 0. The van der Waals surface area contributed by atoms with E-state index in [-0.39, 0.29) is 19.3 Å². The van der Waals surface area contributed by atoms with Crippen molar-refractivity contribution >= 4 is 22.1 Å². The molecule has 2 atom stereocenters. The van der Waals surface area contributed by atoms with Gasteiger partial charge in [0.2, 0.25) is 0 Å². The first-order valence-corrected chi connectivity index (χ1v) is 10.4. The number of hydrogen-bond donors (Lipinski definition) is 1. The van der Waals surface area contributed by atoms with Crippen LogP contribution in [0.2, 0.25) is 0 Å². The third-order valence-electron chi connectivity index (χ3n) is 4.35. The normalized spacial score (nSPS) is 21.8. The van der Waals surface area contributed by atoms with Gasteiger partial charge in [-0.3, -0.25) is 14.1 Å². The third-order valence-corrected chi connectivity index (χ3v) is 5.13. The first kappa shape index (κ1) is 26.5. The predicted molar refractivity (Wildman–Crippen MR) is 88.6 cm³/mol. The Morgan fingerprint density at radius 3 is 1.53 bits per heavy atom. The van der Waals surface area contributed by atoms with E-state index in [2.05, 4.69) is 4.74 Å². The number of ether oxygens (including phenoxy) is 2. The lowest BCUT2D eigenvalue weighted by Gasteiger charge is -2.38. The molecule has 2 unspecified atom stereocenters. The SMILES string of the molecule is CC(C)(C)OC(=O)C1CCCCC1C(=O)OC(CS(=O)(=O)O)(C(F)(F)F)C(F)(F)F. The van der Waals surface area contributed by atoms with Crippen LogP contribution in [0.3, 0.4) is 0 Å².